The molecule has 0 amide bonds. The molecule has 0 bridgehead atoms. The highest BCUT2D eigenvalue weighted by Gasteiger charge is 2.16. The maximum atomic E-state index is 4.25. The van der Waals surface area contributed by atoms with Crippen molar-refractivity contribution in [3.63, 3.8) is 0 Å². The smallest absolute Gasteiger partial charge is 0.153 e. The maximum Gasteiger partial charge on any atom is 0.153 e. The minimum Gasteiger partial charge on any atom is -0.356 e. The lowest BCUT2D eigenvalue weighted by Crippen LogP contribution is -2.37. The Bertz CT molecular complexity index is 516. The van der Waals surface area contributed by atoms with E-state index in [9.17, 15) is 0 Å². The van der Waals surface area contributed by atoms with Crippen LogP contribution in [0.3, 0.4) is 0 Å². The normalized spacial score (nSPS) is 14.5. The Balaban J connectivity index is 1.78. The van der Waals surface area contributed by atoms with Gasteiger partial charge in [-0.15, -0.1) is 0 Å². The molecule has 17 heavy (non-hydrogen) atoms. The van der Waals surface area contributed by atoms with Crippen LogP contribution in [-0.4, -0.2) is 33.3 Å². The molecule has 3 rings (SSSR count). The average molecular weight is 230 g/mol. The van der Waals surface area contributed by atoms with E-state index in [1.54, 1.807) is 6.33 Å². The van der Waals surface area contributed by atoms with Crippen LogP contribution in [0.4, 0.5) is 17.5 Å². The van der Waals surface area contributed by atoms with E-state index in [4.69, 9.17) is 0 Å². The summed E-state index contributed by atoms with van der Waals surface area (Å²) in [5.74, 6) is 2.52. The van der Waals surface area contributed by atoms with Crippen LogP contribution in [0, 0.1) is 6.92 Å². The summed E-state index contributed by atoms with van der Waals surface area (Å²) < 4.78 is 0. The molecule has 0 aliphatic carbocycles. The number of hydrogen-bond donors (Lipinski definition) is 2. The van der Waals surface area contributed by atoms with Gasteiger partial charge in [-0.25, -0.2) is 9.97 Å². The predicted octanol–water partition coefficient (Wildman–Crippen LogP) is 1.46. The Morgan fingerprint density at radius 1 is 1.24 bits per heavy atom. The molecule has 6 heteroatoms. The van der Waals surface area contributed by atoms with Crippen molar-refractivity contribution in [3.8, 4) is 0 Å². The number of nitrogens with zero attached hydrogens (tertiary/aromatic N) is 4. The number of hydrogen-bond acceptors (Lipinski definition) is 5. The first-order valence-electron chi connectivity index (χ1n) is 5.67. The first-order chi connectivity index (χ1) is 8.31. The number of aryl methyl sites for hydroxylation is 1. The van der Waals surface area contributed by atoms with Crippen LogP contribution in [-0.2, 0) is 0 Å². The van der Waals surface area contributed by atoms with Gasteiger partial charge in [-0.05, 0) is 13.3 Å². The van der Waals surface area contributed by atoms with Crippen LogP contribution in [0.15, 0.2) is 18.5 Å². The van der Waals surface area contributed by atoms with Gasteiger partial charge in [0.2, 0.25) is 0 Å². The van der Waals surface area contributed by atoms with Gasteiger partial charge in [-0.1, -0.05) is 0 Å². The molecule has 1 fully saturated rings. The van der Waals surface area contributed by atoms with Gasteiger partial charge in [0, 0.05) is 30.9 Å². The lowest BCUT2D eigenvalue weighted by Gasteiger charge is -2.31. The summed E-state index contributed by atoms with van der Waals surface area (Å²) in [6, 6.07) is 3.88. The molecule has 0 saturated carbocycles. The van der Waals surface area contributed by atoms with E-state index in [0.717, 1.165) is 36.2 Å². The molecule has 3 heterocycles. The predicted molar refractivity (Wildman–Crippen MR) is 65.5 cm³/mol. The molecular formula is C11H14N6. The molecule has 1 saturated heterocycles. The SMILES string of the molecule is Cc1cc(Nc2cc(N3CCC3)ncn2)n[nH]1. The quantitative estimate of drug-likeness (QED) is 0.835. The van der Waals surface area contributed by atoms with Crippen molar-refractivity contribution in [2.45, 2.75) is 13.3 Å². The highest BCUT2D eigenvalue weighted by molar-refractivity contribution is 5.56. The standard InChI is InChI=1S/C11H14N6/c1-8-5-10(16-15-8)14-9-6-11(13-7-12-9)17-3-2-4-17/h5-7H,2-4H2,1H3,(H2,12,13,14,15,16). The minimum absolute atomic E-state index is 0.772. The van der Waals surface area contributed by atoms with Gasteiger partial charge in [0.25, 0.3) is 0 Å². The van der Waals surface area contributed by atoms with Crippen LogP contribution >= 0.6 is 0 Å². The summed E-state index contributed by atoms with van der Waals surface area (Å²) in [4.78, 5) is 10.7. The number of anilines is 3. The lowest BCUT2D eigenvalue weighted by atomic mass is 10.2. The number of H-pyrrole nitrogens is 1. The van der Waals surface area contributed by atoms with Gasteiger partial charge >= 0.3 is 0 Å². The Morgan fingerprint density at radius 2 is 2.12 bits per heavy atom. The lowest BCUT2D eigenvalue weighted by molar-refractivity contribution is 0.609. The van der Waals surface area contributed by atoms with Crippen LogP contribution < -0.4 is 10.2 Å². The molecule has 88 valence electrons. The van der Waals surface area contributed by atoms with E-state index in [1.165, 1.54) is 6.42 Å². The molecule has 0 aromatic carbocycles. The molecule has 1 aliphatic heterocycles. The van der Waals surface area contributed by atoms with E-state index < -0.39 is 0 Å². The van der Waals surface area contributed by atoms with Crippen molar-refractivity contribution in [3.05, 3.63) is 24.2 Å². The van der Waals surface area contributed by atoms with E-state index in [0.29, 0.717) is 0 Å². The third kappa shape index (κ3) is 2.06. The first kappa shape index (κ1) is 10.1. The number of nitrogens with one attached hydrogen (secondary N) is 2. The highest BCUT2D eigenvalue weighted by atomic mass is 15.2. The van der Waals surface area contributed by atoms with Crippen molar-refractivity contribution in [1.82, 2.24) is 20.2 Å². The summed E-state index contributed by atoms with van der Waals surface area (Å²) in [5, 5.41) is 10.1. The maximum absolute atomic E-state index is 4.25. The fourth-order valence-electron chi connectivity index (χ4n) is 1.75. The summed E-state index contributed by atoms with van der Waals surface area (Å²) >= 11 is 0. The fourth-order valence-corrected chi connectivity index (χ4v) is 1.75. The van der Waals surface area contributed by atoms with E-state index in [-0.39, 0.29) is 0 Å². The Hall–Kier alpha value is -2.11. The summed E-state index contributed by atoms with van der Waals surface area (Å²) in [7, 11) is 0. The zero-order valence-corrected chi connectivity index (χ0v) is 9.64. The number of rotatable bonds is 3. The molecular weight excluding hydrogens is 216 g/mol. The second kappa shape index (κ2) is 4.04. The van der Waals surface area contributed by atoms with Crippen molar-refractivity contribution in [2.75, 3.05) is 23.3 Å². The number of aromatic nitrogens is 4. The molecule has 2 N–H and O–H groups in total. The third-order valence-electron chi connectivity index (χ3n) is 2.79. The molecule has 2 aromatic heterocycles. The molecule has 0 atom stereocenters. The van der Waals surface area contributed by atoms with Crippen molar-refractivity contribution in [1.29, 1.82) is 0 Å². The van der Waals surface area contributed by atoms with E-state index in [1.807, 2.05) is 19.1 Å². The summed E-state index contributed by atoms with van der Waals surface area (Å²) in [5.41, 5.74) is 1.02. The van der Waals surface area contributed by atoms with Gasteiger partial charge in [0.15, 0.2) is 5.82 Å². The second-order valence-electron chi connectivity index (χ2n) is 4.16. The zero-order valence-electron chi connectivity index (χ0n) is 9.64. The van der Waals surface area contributed by atoms with Gasteiger partial charge < -0.3 is 10.2 Å². The first-order valence-corrected chi connectivity index (χ1v) is 5.67. The summed E-state index contributed by atoms with van der Waals surface area (Å²) in [6.45, 7) is 4.12. The van der Waals surface area contributed by atoms with Crippen molar-refractivity contribution < 1.29 is 0 Å². The van der Waals surface area contributed by atoms with Crippen molar-refractivity contribution >= 4 is 17.5 Å². The van der Waals surface area contributed by atoms with Crippen molar-refractivity contribution in [2.24, 2.45) is 0 Å². The van der Waals surface area contributed by atoms with Gasteiger partial charge in [-0.2, -0.15) is 5.10 Å². The third-order valence-corrected chi connectivity index (χ3v) is 2.79. The topological polar surface area (TPSA) is 69.7 Å². The fraction of sp³-hybridized carbons (Fsp3) is 0.364. The second-order valence-corrected chi connectivity index (χ2v) is 4.16. The average Bonchev–Trinajstić information content (AvgIpc) is 2.62. The monoisotopic (exact) mass is 230 g/mol. The molecule has 2 aromatic rings. The molecule has 0 unspecified atom stereocenters. The Kier molecular flexibility index (Phi) is 2.40. The number of aromatic amines is 1. The van der Waals surface area contributed by atoms with Gasteiger partial charge in [-0.3, -0.25) is 5.10 Å². The largest absolute Gasteiger partial charge is 0.356 e. The van der Waals surface area contributed by atoms with Crippen LogP contribution in [0.1, 0.15) is 12.1 Å². The van der Waals surface area contributed by atoms with E-state index in [2.05, 4.69) is 30.4 Å². The van der Waals surface area contributed by atoms with Crippen LogP contribution in [0.25, 0.3) is 0 Å². The molecule has 6 nitrogen and oxygen atoms in total. The van der Waals surface area contributed by atoms with Gasteiger partial charge in [0.05, 0.1) is 0 Å². The van der Waals surface area contributed by atoms with Crippen LogP contribution in [0.5, 0.6) is 0 Å². The Labute approximate surface area is 99.1 Å². The molecule has 0 spiro atoms. The molecule has 0 radical (unpaired) electrons. The van der Waals surface area contributed by atoms with Crippen LogP contribution in [0.2, 0.25) is 0 Å². The molecule has 1 aliphatic rings. The summed E-state index contributed by atoms with van der Waals surface area (Å²) in [6.07, 6.45) is 2.82. The zero-order chi connectivity index (χ0) is 11.7. The van der Waals surface area contributed by atoms with Gasteiger partial charge in [0.1, 0.15) is 18.0 Å². The highest BCUT2D eigenvalue weighted by Crippen LogP contribution is 2.21. The van der Waals surface area contributed by atoms with E-state index >= 15 is 0 Å². The minimum atomic E-state index is 0.772. The Morgan fingerprint density at radius 3 is 2.76 bits per heavy atom.